The molecule has 7 heteroatoms. The highest BCUT2D eigenvalue weighted by Gasteiger charge is 2.20. The molecule has 0 saturated carbocycles. The van der Waals surface area contributed by atoms with Gasteiger partial charge in [-0.05, 0) is 61.2 Å². The van der Waals surface area contributed by atoms with Crippen molar-refractivity contribution in [3.05, 3.63) is 53.1 Å². The number of benzene rings is 2. The highest BCUT2D eigenvalue weighted by molar-refractivity contribution is 7.89. The molecule has 1 amide bonds. The number of amides is 1. The minimum atomic E-state index is -3.56. The van der Waals surface area contributed by atoms with Crippen molar-refractivity contribution in [1.82, 2.24) is 4.31 Å². The van der Waals surface area contributed by atoms with E-state index in [1.165, 1.54) is 24.5 Å². The third-order valence-electron chi connectivity index (χ3n) is 4.79. The van der Waals surface area contributed by atoms with E-state index in [2.05, 4.69) is 5.32 Å². The Morgan fingerprint density at radius 3 is 2.14 bits per heavy atom. The number of sulfonamides is 1. The van der Waals surface area contributed by atoms with Gasteiger partial charge in [0.05, 0.1) is 4.90 Å². The summed E-state index contributed by atoms with van der Waals surface area (Å²) in [5.74, 6) is -0.140. The SMILES string of the molecule is Cc1cc(S(=O)(=O)N(C)C)cc(NC(=O)CCc2ccc(N(C)C)cc2)c1C. The highest BCUT2D eigenvalue weighted by atomic mass is 32.2. The fourth-order valence-corrected chi connectivity index (χ4v) is 3.76. The van der Waals surface area contributed by atoms with Gasteiger partial charge in [0.1, 0.15) is 0 Å². The molecule has 0 fully saturated rings. The van der Waals surface area contributed by atoms with Gasteiger partial charge in [-0.15, -0.1) is 0 Å². The number of rotatable bonds is 7. The minimum Gasteiger partial charge on any atom is -0.378 e. The van der Waals surface area contributed by atoms with E-state index in [0.29, 0.717) is 18.5 Å². The van der Waals surface area contributed by atoms with Crippen LogP contribution in [-0.2, 0) is 21.2 Å². The van der Waals surface area contributed by atoms with Crippen LogP contribution in [-0.4, -0.2) is 46.8 Å². The first-order chi connectivity index (χ1) is 13.0. The van der Waals surface area contributed by atoms with E-state index in [9.17, 15) is 13.2 Å². The fraction of sp³-hybridized carbons (Fsp3) is 0.381. The lowest BCUT2D eigenvalue weighted by atomic mass is 10.1. The maximum atomic E-state index is 12.4. The van der Waals surface area contributed by atoms with Gasteiger partial charge in [0.2, 0.25) is 15.9 Å². The standard InChI is InChI=1S/C21H29N3O3S/c1-15-13-19(28(26,27)24(5)6)14-20(16(15)2)22-21(25)12-9-17-7-10-18(11-8-17)23(3)4/h7-8,10-11,13-14H,9,12H2,1-6H3,(H,22,25). The summed E-state index contributed by atoms with van der Waals surface area (Å²) in [6.07, 6.45) is 0.942. The molecule has 0 saturated heterocycles. The summed E-state index contributed by atoms with van der Waals surface area (Å²) in [6.45, 7) is 3.71. The number of carbonyl (C=O) groups is 1. The largest absolute Gasteiger partial charge is 0.378 e. The molecule has 2 aromatic rings. The van der Waals surface area contributed by atoms with Crippen LogP contribution in [0.25, 0.3) is 0 Å². The molecule has 28 heavy (non-hydrogen) atoms. The van der Waals surface area contributed by atoms with Crippen molar-refractivity contribution in [3.8, 4) is 0 Å². The topological polar surface area (TPSA) is 69.7 Å². The highest BCUT2D eigenvalue weighted by Crippen LogP contribution is 2.26. The number of hydrogen-bond acceptors (Lipinski definition) is 4. The first-order valence-corrected chi connectivity index (χ1v) is 10.6. The van der Waals surface area contributed by atoms with Crippen molar-refractivity contribution in [2.75, 3.05) is 38.4 Å². The van der Waals surface area contributed by atoms with Gasteiger partial charge in [0.25, 0.3) is 0 Å². The Morgan fingerprint density at radius 1 is 1.00 bits per heavy atom. The average molecular weight is 404 g/mol. The zero-order valence-electron chi connectivity index (χ0n) is 17.4. The van der Waals surface area contributed by atoms with E-state index in [-0.39, 0.29) is 10.8 Å². The molecule has 6 nitrogen and oxygen atoms in total. The fourth-order valence-electron chi connectivity index (χ4n) is 2.75. The van der Waals surface area contributed by atoms with Gasteiger partial charge in [-0.3, -0.25) is 4.79 Å². The van der Waals surface area contributed by atoms with Gasteiger partial charge < -0.3 is 10.2 Å². The van der Waals surface area contributed by atoms with Crippen LogP contribution < -0.4 is 10.2 Å². The van der Waals surface area contributed by atoms with Crippen LogP contribution >= 0.6 is 0 Å². The number of nitrogens with zero attached hydrogens (tertiary/aromatic N) is 2. The first-order valence-electron chi connectivity index (χ1n) is 9.12. The Morgan fingerprint density at radius 2 is 1.61 bits per heavy atom. The molecular formula is C21H29N3O3S. The van der Waals surface area contributed by atoms with Crippen LogP contribution in [0.1, 0.15) is 23.1 Å². The lowest BCUT2D eigenvalue weighted by Gasteiger charge is -2.16. The van der Waals surface area contributed by atoms with Gasteiger partial charge in [0, 0.05) is 46.0 Å². The number of carbonyl (C=O) groups excluding carboxylic acids is 1. The molecule has 0 atom stereocenters. The Bertz CT molecular complexity index is 950. The van der Waals surface area contributed by atoms with Crippen LogP contribution in [0.2, 0.25) is 0 Å². The van der Waals surface area contributed by atoms with Crippen molar-refractivity contribution in [1.29, 1.82) is 0 Å². The van der Waals surface area contributed by atoms with E-state index in [4.69, 9.17) is 0 Å². The maximum absolute atomic E-state index is 12.4. The summed E-state index contributed by atoms with van der Waals surface area (Å²) < 4.78 is 26.0. The average Bonchev–Trinajstić information content (AvgIpc) is 2.63. The van der Waals surface area contributed by atoms with E-state index >= 15 is 0 Å². The Labute approximate surface area is 168 Å². The molecule has 0 heterocycles. The van der Waals surface area contributed by atoms with E-state index in [0.717, 1.165) is 22.4 Å². The quantitative estimate of drug-likeness (QED) is 0.771. The maximum Gasteiger partial charge on any atom is 0.242 e. The summed E-state index contributed by atoms with van der Waals surface area (Å²) in [6, 6.07) is 11.2. The Balaban J connectivity index is 2.12. The van der Waals surface area contributed by atoms with Crippen molar-refractivity contribution >= 4 is 27.3 Å². The normalized spacial score (nSPS) is 11.5. The molecule has 0 radical (unpaired) electrons. The van der Waals surface area contributed by atoms with Gasteiger partial charge in [0.15, 0.2) is 0 Å². The Hall–Kier alpha value is -2.38. The van der Waals surface area contributed by atoms with Gasteiger partial charge >= 0.3 is 0 Å². The van der Waals surface area contributed by atoms with E-state index in [1.807, 2.05) is 57.1 Å². The summed E-state index contributed by atoms with van der Waals surface area (Å²) in [5, 5.41) is 2.87. The number of aryl methyl sites for hydroxylation is 2. The summed E-state index contributed by atoms with van der Waals surface area (Å²) >= 11 is 0. The number of hydrogen-bond donors (Lipinski definition) is 1. The molecule has 0 unspecified atom stereocenters. The summed E-state index contributed by atoms with van der Waals surface area (Å²) in [4.78, 5) is 14.6. The molecule has 2 rings (SSSR count). The van der Waals surface area contributed by atoms with Crippen LogP contribution in [0.3, 0.4) is 0 Å². The minimum absolute atomic E-state index is 0.140. The summed E-state index contributed by atoms with van der Waals surface area (Å²) in [7, 11) is 3.39. The zero-order valence-corrected chi connectivity index (χ0v) is 18.2. The van der Waals surface area contributed by atoms with Crippen LogP contribution in [0.5, 0.6) is 0 Å². The summed E-state index contributed by atoms with van der Waals surface area (Å²) in [5.41, 5.74) is 4.41. The number of anilines is 2. The lowest BCUT2D eigenvalue weighted by Crippen LogP contribution is -2.23. The number of nitrogens with one attached hydrogen (secondary N) is 1. The molecule has 0 aromatic heterocycles. The monoisotopic (exact) mass is 403 g/mol. The molecule has 1 N–H and O–H groups in total. The molecule has 0 aliphatic carbocycles. The van der Waals surface area contributed by atoms with Crippen molar-refractivity contribution in [2.24, 2.45) is 0 Å². The third-order valence-corrected chi connectivity index (χ3v) is 6.58. The predicted molar refractivity (Wildman–Crippen MR) is 115 cm³/mol. The van der Waals surface area contributed by atoms with Crippen LogP contribution in [0, 0.1) is 13.8 Å². The van der Waals surface area contributed by atoms with Crippen LogP contribution in [0.4, 0.5) is 11.4 Å². The predicted octanol–water partition coefficient (Wildman–Crippen LogP) is 3.19. The molecule has 0 aliphatic heterocycles. The Kier molecular flexibility index (Phi) is 6.85. The lowest BCUT2D eigenvalue weighted by molar-refractivity contribution is -0.116. The van der Waals surface area contributed by atoms with Crippen molar-refractivity contribution < 1.29 is 13.2 Å². The van der Waals surface area contributed by atoms with E-state index in [1.54, 1.807) is 6.07 Å². The second kappa shape index (κ2) is 8.75. The molecule has 0 aliphatic rings. The van der Waals surface area contributed by atoms with Gasteiger partial charge in [-0.25, -0.2) is 12.7 Å². The molecule has 152 valence electrons. The van der Waals surface area contributed by atoms with Gasteiger partial charge in [-0.1, -0.05) is 12.1 Å². The second-order valence-corrected chi connectivity index (χ2v) is 9.46. The van der Waals surface area contributed by atoms with Crippen LogP contribution in [0.15, 0.2) is 41.3 Å². The van der Waals surface area contributed by atoms with Crippen molar-refractivity contribution in [2.45, 2.75) is 31.6 Å². The second-order valence-electron chi connectivity index (χ2n) is 7.31. The smallest absolute Gasteiger partial charge is 0.242 e. The first kappa shape index (κ1) is 21.9. The zero-order chi connectivity index (χ0) is 21.1. The van der Waals surface area contributed by atoms with Crippen molar-refractivity contribution in [3.63, 3.8) is 0 Å². The molecule has 2 aromatic carbocycles. The molecule has 0 spiro atoms. The third kappa shape index (κ3) is 5.11. The molecular weight excluding hydrogens is 374 g/mol. The van der Waals surface area contributed by atoms with Gasteiger partial charge in [-0.2, -0.15) is 0 Å². The van der Waals surface area contributed by atoms with E-state index < -0.39 is 10.0 Å². The molecule has 0 bridgehead atoms.